The van der Waals surface area contributed by atoms with Crippen LogP contribution in [0.15, 0.2) is 15.3 Å². The van der Waals surface area contributed by atoms with Crippen LogP contribution in [-0.4, -0.2) is 20.1 Å². The Morgan fingerprint density at radius 3 is 3.00 bits per heavy atom. The molecule has 0 saturated heterocycles. The van der Waals surface area contributed by atoms with E-state index in [2.05, 4.69) is 41.4 Å². The van der Waals surface area contributed by atoms with Crippen LogP contribution in [0.4, 0.5) is 5.82 Å². The quantitative estimate of drug-likeness (QED) is 0.876. The summed E-state index contributed by atoms with van der Waals surface area (Å²) >= 11 is 9.09. The minimum absolute atomic E-state index is 0.349. The van der Waals surface area contributed by atoms with E-state index in [1.165, 1.54) is 6.33 Å². The van der Waals surface area contributed by atoms with Gasteiger partial charge < -0.3 is 9.84 Å². The highest BCUT2D eigenvalue weighted by molar-refractivity contribution is 9.10. The van der Waals surface area contributed by atoms with E-state index in [1.54, 1.807) is 6.92 Å². The number of hydrogen-bond donors (Lipinski definition) is 1. The molecule has 0 radical (unpaired) electrons. The molecule has 2 aromatic rings. The van der Waals surface area contributed by atoms with Gasteiger partial charge in [-0.25, -0.2) is 9.97 Å². The van der Waals surface area contributed by atoms with Crippen molar-refractivity contribution in [1.82, 2.24) is 20.1 Å². The van der Waals surface area contributed by atoms with Gasteiger partial charge >= 0.3 is 0 Å². The van der Waals surface area contributed by atoms with Gasteiger partial charge in [-0.2, -0.15) is 4.98 Å². The van der Waals surface area contributed by atoms with E-state index in [1.807, 2.05) is 0 Å². The zero-order valence-electron chi connectivity index (χ0n) is 8.24. The van der Waals surface area contributed by atoms with Crippen LogP contribution in [-0.2, 0) is 6.54 Å². The number of nitrogens with zero attached hydrogens (tertiary/aromatic N) is 4. The Hall–Kier alpha value is -1.21. The Balaban J connectivity index is 2.07. The number of hydrogen-bond acceptors (Lipinski definition) is 6. The van der Waals surface area contributed by atoms with Gasteiger partial charge in [0.2, 0.25) is 5.89 Å². The monoisotopic (exact) mass is 303 g/mol. The van der Waals surface area contributed by atoms with Crippen LogP contribution >= 0.6 is 27.5 Å². The molecule has 0 fully saturated rings. The molecule has 0 aliphatic heterocycles. The Morgan fingerprint density at radius 2 is 2.31 bits per heavy atom. The van der Waals surface area contributed by atoms with E-state index in [0.29, 0.717) is 33.7 Å². The summed E-state index contributed by atoms with van der Waals surface area (Å²) < 4.78 is 5.44. The zero-order chi connectivity index (χ0) is 11.5. The third-order valence-corrected chi connectivity index (χ3v) is 3.00. The van der Waals surface area contributed by atoms with Crippen molar-refractivity contribution in [2.45, 2.75) is 13.5 Å². The maximum atomic E-state index is 5.81. The summed E-state index contributed by atoms with van der Waals surface area (Å²) in [7, 11) is 0. The van der Waals surface area contributed by atoms with Crippen molar-refractivity contribution >= 4 is 33.3 Å². The smallest absolute Gasteiger partial charge is 0.223 e. The summed E-state index contributed by atoms with van der Waals surface area (Å²) in [5.74, 6) is 1.66. The minimum atomic E-state index is 0.349. The summed E-state index contributed by atoms with van der Waals surface area (Å²) in [5, 5.41) is 7.11. The zero-order valence-corrected chi connectivity index (χ0v) is 10.6. The molecule has 0 aliphatic carbocycles. The second-order valence-electron chi connectivity index (χ2n) is 2.91. The van der Waals surface area contributed by atoms with Crippen molar-refractivity contribution in [2.24, 2.45) is 0 Å². The van der Waals surface area contributed by atoms with Gasteiger partial charge in [0.15, 0.2) is 5.82 Å². The molecule has 6 nitrogen and oxygen atoms in total. The van der Waals surface area contributed by atoms with Crippen LogP contribution in [0.25, 0.3) is 0 Å². The maximum absolute atomic E-state index is 5.81. The maximum Gasteiger partial charge on any atom is 0.223 e. The number of anilines is 1. The molecule has 2 rings (SSSR count). The van der Waals surface area contributed by atoms with Crippen LogP contribution in [0.5, 0.6) is 0 Å². The molecule has 1 N–H and O–H groups in total. The van der Waals surface area contributed by atoms with Crippen LogP contribution in [0, 0.1) is 6.92 Å². The van der Waals surface area contributed by atoms with Crippen LogP contribution in [0.2, 0.25) is 5.15 Å². The first kappa shape index (κ1) is 11.3. The van der Waals surface area contributed by atoms with E-state index in [9.17, 15) is 0 Å². The molecule has 0 aliphatic rings. The van der Waals surface area contributed by atoms with Crippen molar-refractivity contribution in [3.05, 3.63) is 27.7 Å². The topological polar surface area (TPSA) is 76.7 Å². The fourth-order valence-corrected chi connectivity index (χ4v) is 1.53. The van der Waals surface area contributed by atoms with Crippen LogP contribution in [0.1, 0.15) is 11.7 Å². The van der Waals surface area contributed by atoms with Crippen LogP contribution in [0.3, 0.4) is 0 Å². The normalized spacial score (nSPS) is 10.4. The highest BCUT2D eigenvalue weighted by Gasteiger charge is 2.08. The lowest BCUT2D eigenvalue weighted by Gasteiger charge is -2.04. The molecule has 0 atom stereocenters. The van der Waals surface area contributed by atoms with Crippen molar-refractivity contribution in [3.63, 3.8) is 0 Å². The summed E-state index contributed by atoms with van der Waals surface area (Å²) in [5.41, 5.74) is 0. The van der Waals surface area contributed by atoms with Crippen molar-refractivity contribution in [2.75, 3.05) is 5.32 Å². The molecule has 2 heterocycles. The highest BCUT2D eigenvalue weighted by Crippen LogP contribution is 2.26. The van der Waals surface area contributed by atoms with E-state index >= 15 is 0 Å². The molecule has 0 aromatic carbocycles. The van der Waals surface area contributed by atoms with E-state index in [4.69, 9.17) is 16.1 Å². The van der Waals surface area contributed by atoms with Crippen molar-refractivity contribution in [1.29, 1.82) is 0 Å². The molecule has 16 heavy (non-hydrogen) atoms. The number of nitrogens with one attached hydrogen (secondary N) is 1. The molecule has 84 valence electrons. The molecule has 0 unspecified atom stereocenters. The van der Waals surface area contributed by atoms with E-state index in [0.717, 1.165) is 0 Å². The molecule has 0 saturated carbocycles. The van der Waals surface area contributed by atoms with E-state index < -0.39 is 0 Å². The van der Waals surface area contributed by atoms with Gasteiger partial charge in [0.1, 0.15) is 17.3 Å². The predicted octanol–water partition coefficient (Wildman–Crippen LogP) is 2.20. The standard InChI is InChI=1S/C8H7BrClN5O/c1-4-14-5(15-16-4)2-11-8-6(9)7(10)12-3-13-8/h3H,2H2,1H3,(H,11,12,13). The fraction of sp³-hybridized carbons (Fsp3) is 0.250. The first-order chi connectivity index (χ1) is 7.66. The van der Waals surface area contributed by atoms with Gasteiger partial charge in [-0.15, -0.1) is 0 Å². The first-order valence-corrected chi connectivity index (χ1v) is 5.53. The van der Waals surface area contributed by atoms with Gasteiger partial charge in [0.05, 0.1) is 11.0 Å². The van der Waals surface area contributed by atoms with Crippen molar-refractivity contribution in [3.8, 4) is 0 Å². The Labute approximate surface area is 105 Å². The minimum Gasteiger partial charge on any atom is -0.362 e. The van der Waals surface area contributed by atoms with Gasteiger partial charge in [-0.1, -0.05) is 16.8 Å². The average molecular weight is 305 g/mol. The SMILES string of the molecule is Cc1nc(CNc2ncnc(Cl)c2Br)no1. The molecule has 0 bridgehead atoms. The summed E-state index contributed by atoms with van der Waals surface area (Å²) in [4.78, 5) is 11.9. The molecular formula is C8H7BrClN5O. The largest absolute Gasteiger partial charge is 0.362 e. The summed E-state index contributed by atoms with van der Waals surface area (Å²) in [6, 6.07) is 0. The third kappa shape index (κ3) is 2.48. The van der Waals surface area contributed by atoms with Gasteiger partial charge in [-0.3, -0.25) is 0 Å². The number of rotatable bonds is 3. The van der Waals surface area contributed by atoms with Gasteiger partial charge in [0.25, 0.3) is 0 Å². The number of halogens is 2. The second kappa shape index (κ2) is 4.75. The lowest BCUT2D eigenvalue weighted by Crippen LogP contribution is -2.04. The Bertz CT molecular complexity index is 503. The second-order valence-corrected chi connectivity index (χ2v) is 4.06. The van der Waals surface area contributed by atoms with E-state index in [-0.39, 0.29) is 0 Å². The molecule has 0 amide bonds. The third-order valence-electron chi connectivity index (χ3n) is 1.73. The Kier molecular flexibility index (Phi) is 3.35. The number of aryl methyl sites for hydroxylation is 1. The molecule has 8 heteroatoms. The lowest BCUT2D eigenvalue weighted by atomic mass is 10.5. The molecule has 2 aromatic heterocycles. The van der Waals surface area contributed by atoms with Crippen LogP contribution < -0.4 is 5.32 Å². The Morgan fingerprint density at radius 1 is 1.50 bits per heavy atom. The molecular weight excluding hydrogens is 297 g/mol. The molecule has 0 spiro atoms. The average Bonchev–Trinajstić information content (AvgIpc) is 2.67. The first-order valence-electron chi connectivity index (χ1n) is 4.36. The predicted molar refractivity (Wildman–Crippen MR) is 61.1 cm³/mol. The summed E-state index contributed by atoms with van der Waals surface area (Å²) in [6.07, 6.45) is 1.37. The highest BCUT2D eigenvalue weighted by atomic mass is 79.9. The summed E-state index contributed by atoms with van der Waals surface area (Å²) in [6.45, 7) is 2.14. The van der Waals surface area contributed by atoms with Crippen molar-refractivity contribution < 1.29 is 4.52 Å². The fourth-order valence-electron chi connectivity index (χ4n) is 1.05. The lowest BCUT2D eigenvalue weighted by molar-refractivity contribution is 0.388. The number of aromatic nitrogens is 4. The van der Waals surface area contributed by atoms with Gasteiger partial charge in [-0.05, 0) is 15.9 Å². The van der Waals surface area contributed by atoms with Gasteiger partial charge in [0, 0.05) is 6.92 Å².